The highest BCUT2D eigenvalue weighted by molar-refractivity contribution is 5.78. The number of carbonyl (C=O) groups excluding carboxylic acids is 1. The second-order valence-electron chi connectivity index (χ2n) is 6.53. The monoisotopic (exact) mass is 240 g/mol. The highest BCUT2D eigenvalue weighted by atomic mass is 16.5. The predicted octanol–water partition coefficient (Wildman–Crippen LogP) is 1.01. The Morgan fingerprint density at radius 2 is 2.00 bits per heavy atom. The zero-order valence-electron chi connectivity index (χ0n) is 11.2. The van der Waals surface area contributed by atoms with Crippen molar-refractivity contribution in [2.75, 3.05) is 32.8 Å². The molecule has 2 heterocycles. The van der Waals surface area contributed by atoms with E-state index in [9.17, 15) is 4.79 Å². The van der Waals surface area contributed by atoms with Crippen molar-refractivity contribution in [1.29, 1.82) is 0 Å². The van der Waals surface area contributed by atoms with E-state index in [4.69, 9.17) is 4.74 Å². The van der Waals surface area contributed by atoms with Crippen LogP contribution in [0.25, 0.3) is 0 Å². The largest absolute Gasteiger partial charge is 0.363 e. The van der Waals surface area contributed by atoms with E-state index in [1.54, 1.807) is 0 Å². The van der Waals surface area contributed by atoms with E-state index < -0.39 is 0 Å². The van der Waals surface area contributed by atoms with Gasteiger partial charge in [-0.05, 0) is 31.3 Å². The van der Waals surface area contributed by atoms with Gasteiger partial charge in [0, 0.05) is 13.1 Å². The molecule has 0 aromatic heterocycles. The van der Waals surface area contributed by atoms with Gasteiger partial charge in [0.15, 0.2) is 0 Å². The summed E-state index contributed by atoms with van der Waals surface area (Å²) in [6.45, 7) is 10.4. The molecule has 0 bridgehead atoms. The van der Waals surface area contributed by atoms with Crippen molar-refractivity contribution in [2.24, 2.45) is 5.41 Å². The molecule has 17 heavy (non-hydrogen) atoms. The summed E-state index contributed by atoms with van der Waals surface area (Å²) in [5.41, 5.74) is 0.0749. The molecule has 2 aliphatic heterocycles. The number of ether oxygens (including phenoxy) is 1. The standard InChI is InChI=1S/C13H24N2O2/c1-12(2,3)9-15-10-13(17-8-11(15)16)4-6-14-7-5-13/h14H,4-10H2,1-3H3. The molecule has 98 valence electrons. The van der Waals surface area contributed by atoms with Crippen LogP contribution in [0, 0.1) is 5.41 Å². The zero-order chi connectivity index (χ0) is 12.5. The third-order valence-electron chi connectivity index (χ3n) is 3.51. The second-order valence-corrected chi connectivity index (χ2v) is 6.53. The molecule has 2 rings (SSSR count). The first-order chi connectivity index (χ1) is 7.90. The molecular weight excluding hydrogens is 216 g/mol. The fourth-order valence-corrected chi connectivity index (χ4v) is 2.69. The van der Waals surface area contributed by atoms with Gasteiger partial charge in [0.1, 0.15) is 6.61 Å². The Morgan fingerprint density at radius 3 is 2.59 bits per heavy atom. The van der Waals surface area contributed by atoms with Crippen LogP contribution in [0.3, 0.4) is 0 Å². The lowest BCUT2D eigenvalue weighted by atomic mass is 9.88. The number of piperidine rings is 1. The number of amides is 1. The Bertz CT molecular complexity index is 290. The van der Waals surface area contributed by atoms with Crippen molar-refractivity contribution in [1.82, 2.24) is 10.2 Å². The molecule has 1 spiro atoms. The average Bonchev–Trinajstić information content (AvgIpc) is 2.23. The Morgan fingerprint density at radius 1 is 1.35 bits per heavy atom. The summed E-state index contributed by atoms with van der Waals surface area (Å²) in [7, 11) is 0. The number of hydrogen-bond donors (Lipinski definition) is 1. The van der Waals surface area contributed by atoms with E-state index in [2.05, 4.69) is 26.1 Å². The van der Waals surface area contributed by atoms with Crippen molar-refractivity contribution < 1.29 is 9.53 Å². The molecule has 1 amide bonds. The summed E-state index contributed by atoms with van der Waals surface area (Å²) in [5, 5.41) is 3.35. The van der Waals surface area contributed by atoms with E-state index in [1.807, 2.05) is 4.90 Å². The summed E-state index contributed by atoms with van der Waals surface area (Å²) in [5.74, 6) is 0.143. The molecule has 4 nitrogen and oxygen atoms in total. The topological polar surface area (TPSA) is 41.6 Å². The van der Waals surface area contributed by atoms with Crippen LogP contribution in [-0.4, -0.2) is 49.2 Å². The first-order valence-electron chi connectivity index (χ1n) is 6.53. The maximum Gasteiger partial charge on any atom is 0.248 e. The minimum atomic E-state index is -0.0790. The Balaban J connectivity index is 2.03. The van der Waals surface area contributed by atoms with Gasteiger partial charge in [0.25, 0.3) is 0 Å². The van der Waals surface area contributed by atoms with Crippen LogP contribution in [0.4, 0.5) is 0 Å². The smallest absolute Gasteiger partial charge is 0.248 e. The number of carbonyl (C=O) groups is 1. The van der Waals surface area contributed by atoms with Crippen LogP contribution >= 0.6 is 0 Å². The fraction of sp³-hybridized carbons (Fsp3) is 0.923. The lowest BCUT2D eigenvalue weighted by Gasteiger charge is -2.46. The fourth-order valence-electron chi connectivity index (χ4n) is 2.69. The Labute approximate surface area is 104 Å². The molecule has 0 radical (unpaired) electrons. The van der Waals surface area contributed by atoms with Crippen molar-refractivity contribution in [3.63, 3.8) is 0 Å². The summed E-state index contributed by atoms with van der Waals surface area (Å²) in [4.78, 5) is 13.9. The van der Waals surface area contributed by atoms with Gasteiger partial charge in [-0.3, -0.25) is 4.79 Å². The second kappa shape index (κ2) is 4.58. The minimum absolute atomic E-state index is 0.0790. The summed E-state index contributed by atoms with van der Waals surface area (Å²) in [6.07, 6.45) is 2.03. The third kappa shape index (κ3) is 3.19. The SMILES string of the molecule is CC(C)(C)CN1CC2(CCNCC2)OCC1=O. The van der Waals surface area contributed by atoms with Crippen molar-refractivity contribution in [3.05, 3.63) is 0 Å². The number of hydrogen-bond acceptors (Lipinski definition) is 3. The van der Waals surface area contributed by atoms with Crippen molar-refractivity contribution in [2.45, 2.75) is 39.2 Å². The molecule has 0 aliphatic carbocycles. The molecule has 0 aromatic carbocycles. The molecule has 2 aliphatic rings. The van der Waals surface area contributed by atoms with Crippen molar-refractivity contribution in [3.8, 4) is 0 Å². The summed E-state index contributed by atoms with van der Waals surface area (Å²) in [6, 6.07) is 0. The van der Waals surface area contributed by atoms with E-state index in [0.29, 0.717) is 0 Å². The lowest BCUT2D eigenvalue weighted by Crippen LogP contribution is -2.59. The molecule has 0 saturated carbocycles. The van der Waals surface area contributed by atoms with Gasteiger partial charge in [-0.25, -0.2) is 0 Å². The van der Waals surface area contributed by atoms with E-state index in [0.717, 1.165) is 39.0 Å². The predicted molar refractivity (Wildman–Crippen MR) is 66.8 cm³/mol. The van der Waals surface area contributed by atoms with Crippen LogP contribution in [0.5, 0.6) is 0 Å². The van der Waals surface area contributed by atoms with Gasteiger partial charge in [-0.15, -0.1) is 0 Å². The highest BCUT2D eigenvalue weighted by Gasteiger charge is 2.41. The van der Waals surface area contributed by atoms with E-state index in [-0.39, 0.29) is 23.5 Å². The van der Waals surface area contributed by atoms with Crippen LogP contribution in [0.15, 0.2) is 0 Å². The molecule has 1 N–H and O–H groups in total. The maximum absolute atomic E-state index is 11.9. The molecule has 0 unspecified atom stereocenters. The zero-order valence-corrected chi connectivity index (χ0v) is 11.2. The van der Waals surface area contributed by atoms with Crippen LogP contribution in [-0.2, 0) is 9.53 Å². The lowest BCUT2D eigenvalue weighted by molar-refractivity contribution is -0.170. The van der Waals surface area contributed by atoms with Gasteiger partial charge < -0.3 is 15.0 Å². The molecule has 4 heteroatoms. The van der Waals surface area contributed by atoms with Crippen LogP contribution in [0.2, 0.25) is 0 Å². The average molecular weight is 240 g/mol. The van der Waals surface area contributed by atoms with Crippen molar-refractivity contribution >= 4 is 5.91 Å². The maximum atomic E-state index is 11.9. The minimum Gasteiger partial charge on any atom is -0.363 e. The summed E-state index contributed by atoms with van der Waals surface area (Å²) >= 11 is 0. The third-order valence-corrected chi connectivity index (χ3v) is 3.51. The Kier molecular flexibility index (Phi) is 3.46. The summed E-state index contributed by atoms with van der Waals surface area (Å²) < 4.78 is 5.83. The van der Waals surface area contributed by atoms with Crippen LogP contribution in [0.1, 0.15) is 33.6 Å². The number of nitrogens with one attached hydrogen (secondary N) is 1. The van der Waals surface area contributed by atoms with E-state index in [1.165, 1.54) is 0 Å². The van der Waals surface area contributed by atoms with Gasteiger partial charge >= 0.3 is 0 Å². The highest BCUT2D eigenvalue weighted by Crippen LogP contribution is 2.29. The number of rotatable bonds is 1. The number of nitrogens with zero attached hydrogens (tertiary/aromatic N) is 1. The van der Waals surface area contributed by atoms with Gasteiger partial charge in [-0.2, -0.15) is 0 Å². The normalized spacial score (nSPS) is 25.4. The molecule has 2 saturated heterocycles. The van der Waals surface area contributed by atoms with Crippen LogP contribution < -0.4 is 5.32 Å². The van der Waals surface area contributed by atoms with Gasteiger partial charge in [-0.1, -0.05) is 20.8 Å². The van der Waals surface area contributed by atoms with Gasteiger partial charge in [0.2, 0.25) is 5.91 Å². The molecule has 2 fully saturated rings. The molecular formula is C13H24N2O2. The quantitative estimate of drug-likeness (QED) is 0.744. The molecule has 0 aromatic rings. The Hall–Kier alpha value is -0.610. The van der Waals surface area contributed by atoms with E-state index >= 15 is 0 Å². The first-order valence-corrected chi connectivity index (χ1v) is 6.53. The molecule has 0 atom stereocenters. The number of morpholine rings is 1. The first kappa shape index (κ1) is 12.8. The van der Waals surface area contributed by atoms with Gasteiger partial charge in [0.05, 0.1) is 5.60 Å².